The lowest BCUT2D eigenvalue weighted by Gasteiger charge is -2.11. The highest BCUT2D eigenvalue weighted by Crippen LogP contribution is 2.29. The van der Waals surface area contributed by atoms with Crippen LogP contribution >= 0.6 is 15.9 Å². The maximum atomic E-state index is 11.8. The van der Waals surface area contributed by atoms with Gasteiger partial charge in [-0.1, -0.05) is 34.1 Å². The zero-order valence-electron chi connectivity index (χ0n) is 15.5. The van der Waals surface area contributed by atoms with E-state index in [2.05, 4.69) is 21.2 Å². The molecule has 0 saturated carbocycles. The molecule has 2 rings (SSSR count). The predicted octanol–water partition coefficient (Wildman–Crippen LogP) is 4.03. The number of rotatable bonds is 10. The number of nitrogens with one attached hydrogen (secondary N) is 1. The van der Waals surface area contributed by atoms with Gasteiger partial charge in [0.25, 0.3) is 0 Å². The van der Waals surface area contributed by atoms with Gasteiger partial charge in [-0.3, -0.25) is 9.59 Å². The summed E-state index contributed by atoms with van der Waals surface area (Å²) >= 11 is 3.40. The summed E-state index contributed by atoms with van der Waals surface area (Å²) in [5, 5.41) is 11.2. The molecule has 2 aromatic rings. The van der Waals surface area contributed by atoms with Crippen molar-refractivity contribution in [3.63, 3.8) is 0 Å². The van der Waals surface area contributed by atoms with Gasteiger partial charge < -0.3 is 19.9 Å². The van der Waals surface area contributed by atoms with Crippen LogP contribution in [0.25, 0.3) is 6.08 Å². The van der Waals surface area contributed by atoms with Crippen LogP contribution in [0, 0.1) is 0 Å². The summed E-state index contributed by atoms with van der Waals surface area (Å²) < 4.78 is 12.2. The molecular formula is C21H22BrNO5. The van der Waals surface area contributed by atoms with Gasteiger partial charge in [-0.25, -0.2) is 0 Å². The van der Waals surface area contributed by atoms with E-state index in [-0.39, 0.29) is 12.3 Å². The van der Waals surface area contributed by atoms with Gasteiger partial charge in [-0.15, -0.1) is 0 Å². The monoisotopic (exact) mass is 447 g/mol. The van der Waals surface area contributed by atoms with Crippen LogP contribution in [0.5, 0.6) is 11.5 Å². The van der Waals surface area contributed by atoms with Crippen LogP contribution < -0.4 is 14.8 Å². The average Bonchev–Trinajstić information content (AvgIpc) is 2.69. The first-order valence-corrected chi connectivity index (χ1v) is 9.50. The Morgan fingerprint density at radius 1 is 1.14 bits per heavy atom. The number of carboxylic acids is 1. The molecule has 0 heterocycles. The van der Waals surface area contributed by atoms with E-state index < -0.39 is 5.97 Å². The van der Waals surface area contributed by atoms with E-state index in [4.69, 9.17) is 14.6 Å². The lowest BCUT2D eigenvalue weighted by molar-refractivity contribution is -0.137. The summed E-state index contributed by atoms with van der Waals surface area (Å²) in [6, 6.07) is 13.3. The molecule has 0 aliphatic rings. The Morgan fingerprint density at radius 3 is 2.57 bits per heavy atom. The number of methoxy groups -OCH3 is 1. The van der Waals surface area contributed by atoms with Crippen LogP contribution in [0.1, 0.15) is 24.0 Å². The number of carboxylic acid groups (broad SMARTS) is 1. The summed E-state index contributed by atoms with van der Waals surface area (Å²) in [5.74, 6) is 0.0288. The highest BCUT2D eigenvalue weighted by molar-refractivity contribution is 9.10. The van der Waals surface area contributed by atoms with Gasteiger partial charge in [0, 0.05) is 23.5 Å². The molecule has 0 atom stereocenters. The van der Waals surface area contributed by atoms with Gasteiger partial charge in [-0.05, 0) is 47.9 Å². The van der Waals surface area contributed by atoms with Crippen molar-refractivity contribution in [1.82, 2.24) is 5.32 Å². The fraction of sp³-hybridized carbons (Fsp3) is 0.238. The fourth-order valence-electron chi connectivity index (χ4n) is 2.33. The van der Waals surface area contributed by atoms with Crippen molar-refractivity contribution in [1.29, 1.82) is 0 Å². The number of carbonyl (C=O) groups excluding carboxylic acids is 1. The summed E-state index contributed by atoms with van der Waals surface area (Å²) in [4.78, 5) is 22.2. The fourth-order valence-corrected chi connectivity index (χ4v) is 2.60. The Balaban J connectivity index is 1.91. The second-order valence-electron chi connectivity index (χ2n) is 5.95. The molecule has 28 heavy (non-hydrogen) atoms. The Labute approximate surface area is 172 Å². The van der Waals surface area contributed by atoms with Crippen LogP contribution in [-0.4, -0.2) is 30.6 Å². The summed E-state index contributed by atoms with van der Waals surface area (Å²) in [5.41, 5.74) is 1.82. The normalized spacial score (nSPS) is 10.6. The first-order chi connectivity index (χ1) is 13.5. The Morgan fingerprint density at radius 2 is 1.89 bits per heavy atom. The Bertz CT molecular complexity index is 833. The Kier molecular flexibility index (Phi) is 8.55. The maximum absolute atomic E-state index is 11.8. The third-order valence-electron chi connectivity index (χ3n) is 3.79. The second kappa shape index (κ2) is 11.1. The second-order valence-corrected chi connectivity index (χ2v) is 6.86. The number of amides is 1. The molecule has 7 heteroatoms. The SMILES string of the molecule is COc1cc(/C=C/C(=O)NCCCC(=O)O)ccc1OCc1ccc(Br)cc1. The first-order valence-electron chi connectivity index (χ1n) is 8.71. The molecule has 0 saturated heterocycles. The van der Waals surface area contributed by atoms with Crippen molar-refractivity contribution >= 4 is 33.9 Å². The molecule has 148 valence electrons. The molecule has 0 aliphatic carbocycles. The average molecular weight is 448 g/mol. The van der Waals surface area contributed by atoms with E-state index in [1.54, 1.807) is 25.3 Å². The maximum Gasteiger partial charge on any atom is 0.303 e. The number of carbonyl (C=O) groups is 2. The summed E-state index contributed by atoms with van der Waals surface area (Å²) in [7, 11) is 1.56. The first kappa shape index (κ1) is 21.5. The van der Waals surface area contributed by atoms with Crippen molar-refractivity contribution in [3.8, 4) is 11.5 Å². The number of halogens is 1. The van der Waals surface area contributed by atoms with Gasteiger partial charge in [0.05, 0.1) is 7.11 Å². The molecule has 0 spiro atoms. The van der Waals surface area contributed by atoms with Crippen LogP contribution in [-0.2, 0) is 16.2 Å². The minimum atomic E-state index is -0.876. The van der Waals surface area contributed by atoms with Gasteiger partial charge in [0.2, 0.25) is 5.91 Å². The van der Waals surface area contributed by atoms with Crippen LogP contribution in [0.15, 0.2) is 53.0 Å². The Hall–Kier alpha value is -2.80. The van der Waals surface area contributed by atoms with E-state index >= 15 is 0 Å². The summed E-state index contributed by atoms with van der Waals surface area (Å²) in [6.07, 6.45) is 3.49. The van der Waals surface area contributed by atoms with Crippen molar-refractivity contribution in [2.24, 2.45) is 0 Å². The van der Waals surface area contributed by atoms with E-state index in [0.29, 0.717) is 31.1 Å². The smallest absolute Gasteiger partial charge is 0.303 e. The van der Waals surface area contributed by atoms with Crippen molar-refractivity contribution < 1.29 is 24.2 Å². The molecule has 0 fully saturated rings. The number of hydrogen-bond acceptors (Lipinski definition) is 4. The lowest BCUT2D eigenvalue weighted by atomic mass is 10.2. The van der Waals surface area contributed by atoms with Crippen molar-refractivity contribution in [2.45, 2.75) is 19.4 Å². The number of aliphatic carboxylic acids is 1. The van der Waals surface area contributed by atoms with E-state index in [9.17, 15) is 9.59 Å². The molecule has 1 amide bonds. The van der Waals surface area contributed by atoms with Crippen molar-refractivity contribution in [2.75, 3.05) is 13.7 Å². The van der Waals surface area contributed by atoms with Crippen LogP contribution in [0.2, 0.25) is 0 Å². The molecule has 2 N–H and O–H groups in total. The minimum Gasteiger partial charge on any atom is -0.493 e. The molecule has 2 aromatic carbocycles. The standard InChI is InChI=1S/C21H22BrNO5/c1-27-19-13-15(7-11-20(24)23-12-2-3-21(25)26)6-10-18(19)28-14-16-4-8-17(22)9-5-16/h4-11,13H,2-3,12,14H2,1H3,(H,23,24)(H,25,26)/b11-7+. The highest BCUT2D eigenvalue weighted by Gasteiger charge is 2.06. The van der Waals surface area contributed by atoms with Crippen LogP contribution in [0.3, 0.4) is 0 Å². The molecular weight excluding hydrogens is 426 g/mol. The van der Waals surface area contributed by atoms with Gasteiger partial charge >= 0.3 is 5.97 Å². The van der Waals surface area contributed by atoms with Gasteiger partial charge in [0.1, 0.15) is 6.61 Å². The third kappa shape index (κ3) is 7.44. The molecule has 0 radical (unpaired) electrons. The largest absolute Gasteiger partial charge is 0.493 e. The van der Waals surface area contributed by atoms with E-state index in [1.807, 2.05) is 30.3 Å². The van der Waals surface area contributed by atoms with Crippen molar-refractivity contribution in [3.05, 3.63) is 64.1 Å². The molecule has 0 bridgehead atoms. The highest BCUT2D eigenvalue weighted by atomic mass is 79.9. The molecule has 0 aromatic heterocycles. The number of benzene rings is 2. The van der Waals surface area contributed by atoms with Gasteiger partial charge in [-0.2, -0.15) is 0 Å². The zero-order chi connectivity index (χ0) is 20.4. The quantitative estimate of drug-likeness (QED) is 0.424. The zero-order valence-corrected chi connectivity index (χ0v) is 17.1. The topological polar surface area (TPSA) is 84.9 Å². The molecule has 0 aliphatic heterocycles. The molecule has 6 nitrogen and oxygen atoms in total. The molecule has 0 unspecified atom stereocenters. The summed E-state index contributed by atoms with van der Waals surface area (Å²) in [6.45, 7) is 0.735. The predicted molar refractivity (Wildman–Crippen MR) is 110 cm³/mol. The van der Waals surface area contributed by atoms with E-state index in [1.165, 1.54) is 6.08 Å². The van der Waals surface area contributed by atoms with Gasteiger partial charge in [0.15, 0.2) is 11.5 Å². The van der Waals surface area contributed by atoms with Crippen LogP contribution in [0.4, 0.5) is 0 Å². The third-order valence-corrected chi connectivity index (χ3v) is 4.32. The minimum absolute atomic E-state index is 0.0307. The lowest BCUT2D eigenvalue weighted by Crippen LogP contribution is -2.22. The van der Waals surface area contributed by atoms with E-state index in [0.717, 1.165) is 15.6 Å². The number of ether oxygens (including phenoxy) is 2. The number of hydrogen-bond donors (Lipinski definition) is 2.